The molecule has 1 saturated heterocycles. The van der Waals surface area contributed by atoms with Gasteiger partial charge < -0.3 is 9.47 Å². The highest BCUT2D eigenvalue weighted by atomic mass is 16.2. The average molecular weight is 364 g/mol. The predicted molar refractivity (Wildman–Crippen MR) is 101 cm³/mol. The number of piperidine rings is 1. The Morgan fingerprint density at radius 2 is 2.22 bits per heavy atom. The lowest BCUT2D eigenvalue weighted by Gasteiger charge is -2.32. The van der Waals surface area contributed by atoms with Crippen molar-refractivity contribution < 1.29 is 4.79 Å². The first-order chi connectivity index (χ1) is 13.2. The zero-order chi connectivity index (χ0) is 18.6. The zero-order valence-electron chi connectivity index (χ0n) is 15.5. The quantitative estimate of drug-likeness (QED) is 0.696. The summed E-state index contributed by atoms with van der Waals surface area (Å²) < 4.78 is 3.89. The van der Waals surface area contributed by atoms with Crippen LogP contribution in [0, 0.1) is 6.92 Å². The third-order valence-electron chi connectivity index (χ3n) is 5.02. The summed E-state index contributed by atoms with van der Waals surface area (Å²) in [5, 5.41) is 4.23. The molecule has 0 aliphatic carbocycles. The Labute approximate surface area is 158 Å². The summed E-state index contributed by atoms with van der Waals surface area (Å²) in [4.78, 5) is 23.4. The van der Waals surface area contributed by atoms with Crippen LogP contribution in [0.25, 0.3) is 0 Å². The fourth-order valence-corrected chi connectivity index (χ4v) is 3.71. The van der Waals surface area contributed by atoms with Gasteiger partial charge >= 0.3 is 0 Å². The first-order valence-electron chi connectivity index (χ1n) is 9.36. The lowest BCUT2D eigenvalue weighted by Crippen LogP contribution is -2.41. The lowest BCUT2D eigenvalue weighted by molar-refractivity contribution is -0.133. The molecule has 0 N–H and O–H groups in total. The first-order valence-corrected chi connectivity index (χ1v) is 9.36. The molecule has 0 spiro atoms. The molecule has 3 aromatic heterocycles. The standard InChI is InChI=1S/C20H24N6O/c1-16-10-23-26(12-16)15-19(27)24-8-3-5-18(14-24)20-22-7-9-25(20)13-17-4-2-6-21-11-17/h2,4,6-7,9-12,18H,3,5,8,13-15H2,1H3/t18-/m0/s1. The van der Waals surface area contributed by atoms with E-state index in [1.165, 1.54) is 0 Å². The van der Waals surface area contributed by atoms with Gasteiger partial charge in [-0.15, -0.1) is 0 Å². The number of carbonyl (C=O) groups is 1. The highest BCUT2D eigenvalue weighted by Gasteiger charge is 2.27. The molecule has 1 atom stereocenters. The summed E-state index contributed by atoms with van der Waals surface area (Å²) in [7, 11) is 0. The van der Waals surface area contributed by atoms with E-state index in [0.717, 1.165) is 42.9 Å². The molecule has 3 aromatic rings. The van der Waals surface area contributed by atoms with Gasteiger partial charge in [0.15, 0.2) is 0 Å². The molecular weight excluding hydrogens is 340 g/mol. The van der Waals surface area contributed by atoms with Crippen molar-refractivity contribution in [2.24, 2.45) is 0 Å². The molecule has 4 rings (SSSR count). The van der Waals surface area contributed by atoms with Gasteiger partial charge in [0.05, 0.1) is 12.7 Å². The maximum atomic E-state index is 12.7. The van der Waals surface area contributed by atoms with E-state index in [1.807, 2.05) is 42.7 Å². The molecule has 4 heterocycles. The van der Waals surface area contributed by atoms with Gasteiger partial charge in [0.25, 0.3) is 0 Å². The van der Waals surface area contributed by atoms with Crippen molar-refractivity contribution >= 4 is 5.91 Å². The van der Waals surface area contributed by atoms with Gasteiger partial charge in [0.2, 0.25) is 5.91 Å². The molecule has 7 nitrogen and oxygen atoms in total. The molecule has 0 aromatic carbocycles. The summed E-state index contributed by atoms with van der Waals surface area (Å²) in [5.74, 6) is 1.42. The summed E-state index contributed by atoms with van der Waals surface area (Å²) in [5.41, 5.74) is 2.21. The van der Waals surface area contributed by atoms with E-state index in [4.69, 9.17) is 0 Å². The Hall–Kier alpha value is -2.96. The fourth-order valence-electron chi connectivity index (χ4n) is 3.71. The SMILES string of the molecule is Cc1cnn(CC(=O)N2CCC[C@H](c3nccn3Cc3cccnc3)C2)c1. The number of nitrogens with zero attached hydrogens (tertiary/aromatic N) is 6. The van der Waals surface area contributed by atoms with Crippen LogP contribution in [0.15, 0.2) is 49.3 Å². The smallest absolute Gasteiger partial charge is 0.244 e. The zero-order valence-corrected chi connectivity index (χ0v) is 15.5. The van der Waals surface area contributed by atoms with Gasteiger partial charge in [0.1, 0.15) is 12.4 Å². The van der Waals surface area contributed by atoms with Crippen LogP contribution in [0.1, 0.15) is 35.7 Å². The van der Waals surface area contributed by atoms with Gasteiger partial charge in [-0.25, -0.2) is 4.98 Å². The Morgan fingerprint density at radius 1 is 1.30 bits per heavy atom. The summed E-state index contributed by atoms with van der Waals surface area (Å²) in [6.07, 6.45) is 13.2. The number of likely N-dealkylation sites (tertiary alicyclic amines) is 1. The van der Waals surface area contributed by atoms with Crippen LogP contribution < -0.4 is 0 Å². The maximum absolute atomic E-state index is 12.7. The molecule has 0 unspecified atom stereocenters. The molecule has 1 aliphatic rings. The molecule has 7 heteroatoms. The van der Waals surface area contributed by atoms with Crippen LogP contribution in [0.4, 0.5) is 0 Å². The average Bonchev–Trinajstić information content (AvgIpc) is 3.31. The molecule has 140 valence electrons. The van der Waals surface area contributed by atoms with Gasteiger partial charge in [-0.05, 0) is 37.0 Å². The Morgan fingerprint density at radius 3 is 3.00 bits per heavy atom. The van der Waals surface area contributed by atoms with Crippen LogP contribution >= 0.6 is 0 Å². The summed E-state index contributed by atoms with van der Waals surface area (Å²) >= 11 is 0. The third kappa shape index (κ3) is 4.07. The second kappa shape index (κ2) is 7.73. The van der Waals surface area contributed by atoms with Gasteiger partial charge in [0, 0.05) is 50.0 Å². The Kier molecular flexibility index (Phi) is 5.00. The molecular formula is C20H24N6O. The monoisotopic (exact) mass is 364 g/mol. The predicted octanol–water partition coefficient (Wildman–Crippen LogP) is 2.24. The van der Waals surface area contributed by atoms with E-state index in [2.05, 4.69) is 25.7 Å². The van der Waals surface area contributed by atoms with Crippen LogP contribution in [0.2, 0.25) is 0 Å². The van der Waals surface area contributed by atoms with Gasteiger partial charge in [-0.1, -0.05) is 6.07 Å². The van der Waals surface area contributed by atoms with E-state index in [9.17, 15) is 4.79 Å². The number of imidazole rings is 1. The molecule has 0 saturated carbocycles. The van der Waals surface area contributed by atoms with Crippen LogP contribution in [0.5, 0.6) is 0 Å². The third-order valence-corrected chi connectivity index (χ3v) is 5.02. The van der Waals surface area contributed by atoms with E-state index >= 15 is 0 Å². The van der Waals surface area contributed by atoms with Crippen molar-refractivity contribution in [3.05, 3.63) is 66.3 Å². The van der Waals surface area contributed by atoms with Crippen molar-refractivity contribution in [1.82, 2.24) is 29.2 Å². The minimum atomic E-state index is 0.119. The Balaban J connectivity index is 1.44. The van der Waals surface area contributed by atoms with Crippen molar-refractivity contribution in [3.8, 4) is 0 Å². The number of aromatic nitrogens is 5. The van der Waals surface area contributed by atoms with Crippen LogP contribution in [0.3, 0.4) is 0 Å². The first kappa shape index (κ1) is 17.5. The normalized spacial score (nSPS) is 17.2. The molecule has 1 fully saturated rings. The summed E-state index contributed by atoms with van der Waals surface area (Å²) in [6.45, 7) is 4.54. The largest absolute Gasteiger partial charge is 0.340 e. The number of hydrogen-bond donors (Lipinski definition) is 0. The number of carbonyl (C=O) groups excluding carboxylic acids is 1. The highest BCUT2D eigenvalue weighted by molar-refractivity contribution is 5.76. The molecule has 1 aliphatic heterocycles. The highest BCUT2D eigenvalue weighted by Crippen LogP contribution is 2.26. The Bertz CT molecular complexity index is 900. The van der Waals surface area contributed by atoms with Crippen LogP contribution in [-0.2, 0) is 17.9 Å². The van der Waals surface area contributed by atoms with E-state index in [-0.39, 0.29) is 11.8 Å². The van der Waals surface area contributed by atoms with E-state index in [0.29, 0.717) is 13.1 Å². The minimum Gasteiger partial charge on any atom is -0.340 e. The number of hydrogen-bond acceptors (Lipinski definition) is 4. The van der Waals surface area contributed by atoms with Crippen molar-refractivity contribution in [3.63, 3.8) is 0 Å². The molecule has 0 radical (unpaired) electrons. The number of pyridine rings is 1. The second-order valence-corrected chi connectivity index (χ2v) is 7.17. The van der Waals surface area contributed by atoms with Crippen molar-refractivity contribution in [1.29, 1.82) is 0 Å². The number of amides is 1. The molecule has 0 bridgehead atoms. The number of rotatable bonds is 5. The summed E-state index contributed by atoms with van der Waals surface area (Å²) in [6, 6.07) is 4.02. The van der Waals surface area contributed by atoms with Gasteiger partial charge in [-0.2, -0.15) is 5.10 Å². The fraction of sp³-hybridized carbons (Fsp3) is 0.400. The van der Waals surface area contributed by atoms with Crippen LogP contribution in [-0.4, -0.2) is 48.2 Å². The second-order valence-electron chi connectivity index (χ2n) is 7.17. The molecule has 27 heavy (non-hydrogen) atoms. The molecule has 1 amide bonds. The lowest BCUT2D eigenvalue weighted by atomic mass is 9.97. The maximum Gasteiger partial charge on any atom is 0.244 e. The minimum absolute atomic E-state index is 0.119. The van der Waals surface area contributed by atoms with E-state index in [1.54, 1.807) is 17.1 Å². The van der Waals surface area contributed by atoms with Crippen molar-refractivity contribution in [2.45, 2.75) is 38.8 Å². The van der Waals surface area contributed by atoms with E-state index < -0.39 is 0 Å². The van der Waals surface area contributed by atoms with Gasteiger partial charge in [-0.3, -0.25) is 14.5 Å². The van der Waals surface area contributed by atoms with Crippen molar-refractivity contribution in [2.75, 3.05) is 13.1 Å². The topological polar surface area (TPSA) is 68.8 Å². The number of aryl methyl sites for hydroxylation is 1.